The molecule has 1 nitrogen and oxygen atoms in total. The molecule has 21 heavy (non-hydrogen) atoms. The molecule has 2 aromatic carbocycles. The van der Waals surface area contributed by atoms with E-state index in [1.165, 1.54) is 12.1 Å². The summed E-state index contributed by atoms with van der Waals surface area (Å²) in [5, 5.41) is 3.42. The summed E-state index contributed by atoms with van der Waals surface area (Å²) in [6.07, 6.45) is 1.49. The zero-order chi connectivity index (χ0) is 15.2. The van der Waals surface area contributed by atoms with Gasteiger partial charge in [0.05, 0.1) is 0 Å². The molecule has 2 aromatic rings. The average Bonchev–Trinajstić information content (AvgIpc) is 2.45. The van der Waals surface area contributed by atoms with Gasteiger partial charge in [0.2, 0.25) is 0 Å². The van der Waals surface area contributed by atoms with E-state index in [4.69, 9.17) is 0 Å². The van der Waals surface area contributed by atoms with Crippen molar-refractivity contribution in [3.63, 3.8) is 0 Å². The van der Waals surface area contributed by atoms with E-state index < -0.39 is 11.6 Å². The van der Waals surface area contributed by atoms with Crippen LogP contribution in [0.25, 0.3) is 0 Å². The highest BCUT2D eigenvalue weighted by Crippen LogP contribution is 2.23. The Morgan fingerprint density at radius 1 is 1.14 bits per heavy atom. The molecular weight excluding hydrogens is 336 g/mol. The molecule has 0 heterocycles. The summed E-state index contributed by atoms with van der Waals surface area (Å²) in [7, 11) is 0. The maximum absolute atomic E-state index is 13.9. The zero-order valence-electron chi connectivity index (χ0n) is 11.9. The van der Waals surface area contributed by atoms with Gasteiger partial charge in [0.15, 0.2) is 0 Å². The molecular formula is C17H18BrF2N. The van der Waals surface area contributed by atoms with Crippen LogP contribution >= 0.6 is 15.9 Å². The fourth-order valence-electron chi connectivity index (χ4n) is 2.26. The van der Waals surface area contributed by atoms with E-state index in [9.17, 15) is 8.78 Å². The predicted octanol–water partition coefficient (Wildman–Crippen LogP) is 5.01. The molecule has 1 unspecified atom stereocenters. The number of benzene rings is 2. The van der Waals surface area contributed by atoms with Crippen LogP contribution in [0.2, 0.25) is 0 Å². The molecule has 0 spiro atoms. The second kappa shape index (κ2) is 7.66. The Morgan fingerprint density at radius 2 is 1.95 bits per heavy atom. The van der Waals surface area contributed by atoms with Crippen molar-refractivity contribution in [3.8, 4) is 0 Å². The third-order valence-corrected chi connectivity index (χ3v) is 3.82. The summed E-state index contributed by atoms with van der Waals surface area (Å²) in [6, 6.07) is 11.7. The van der Waals surface area contributed by atoms with Crippen molar-refractivity contribution in [2.45, 2.75) is 25.8 Å². The van der Waals surface area contributed by atoms with Gasteiger partial charge in [-0.2, -0.15) is 0 Å². The van der Waals surface area contributed by atoms with Crippen molar-refractivity contribution in [2.24, 2.45) is 0 Å². The summed E-state index contributed by atoms with van der Waals surface area (Å²) in [4.78, 5) is 0. The van der Waals surface area contributed by atoms with Crippen molar-refractivity contribution >= 4 is 15.9 Å². The van der Waals surface area contributed by atoms with E-state index in [0.717, 1.165) is 29.1 Å². The molecule has 4 heteroatoms. The van der Waals surface area contributed by atoms with Crippen molar-refractivity contribution in [3.05, 3.63) is 69.7 Å². The van der Waals surface area contributed by atoms with Crippen LogP contribution in [0.4, 0.5) is 8.78 Å². The molecule has 0 aromatic heterocycles. The van der Waals surface area contributed by atoms with Crippen molar-refractivity contribution in [1.82, 2.24) is 5.32 Å². The molecule has 0 fully saturated rings. The first-order chi connectivity index (χ1) is 10.1. The normalized spacial score (nSPS) is 12.4. The number of rotatable bonds is 6. The first-order valence-electron chi connectivity index (χ1n) is 7.03. The van der Waals surface area contributed by atoms with E-state index in [1.54, 1.807) is 0 Å². The van der Waals surface area contributed by atoms with Crippen molar-refractivity contribution < 1.29 is 8.78 Å². The number of hydrogen-bond acceptors (Lipinski definition) is 1. The first-order valence-corrected chi connectivity index (χ1v) is 7.82. The number of nitrogens with one attached hydrogen (secondary N) is 1. The molecule has 0 saturated carbocycles. The lowest BCUT2D eigenvalue weighted by molar-refractivity contribution is 0.508. The molecule has 1 N–H and O–H groups in total. The minimum atomic E-state index is -0.545. The fraction of sp³-hybridized carbons (Fsp3) is 0.294. The number of hydrogen-bond donors (Lipinski definition) is 1. The molecule has 112 valence electrons. The monoisotopic (exact) mass is 353 g/mol. The quantitative estimate of drug-likeness (QED) is 0.769. The Kier molecular flexibility index (Phi) is 5.88. The first kappa shape index (κ1) is 16.1. The summed E-state index contributed by atoms with van der Waals surface area (Å²) < 4.78 is 27.8. The molecule has 0 aliphatic carbocycles. The maximum atomic E-state index is 13.9. The predicted molar refractivity (Wildman–Crippen MR) is 85.2 cm³/mol. The second-order valence-electron chi connectivity index (χ2n) is 5.00. The molecule has 0 aliphatic heterocycles. The van der Waals surface area contributed by atoms with Gasteiger partial charge in [-0.15, -0.1) is 0 Å². The van der Waals surface area contributed by atoms with Crippen LogP contribution in [0.5, 0.6) is 0 Å². The van der Waals surface area contributed by atoms with Crippen LogP contribution in [0.3, 0.4) is 0 Å². The zero-order valence-corrected chi connectivity index (χ0v) is 13.5. The Bertz CT molecular complexity index is 601. The minimum Gasteiger partial charge on any atom is -0.310 e. The van der Waals surface area contributed by atoms with Gasteiger partial charge in [0, 0.05) is 16.6 Å². The van der Waals surface area contributed by atoms with E-state index in [2.05, 4.69) is 28.2 Å². The van der Waals surface area contributed by atoms with E-state index in [-0.39, 0.29) is 6.04 Å². The lowest BCUT2D eigenvalue weighted by Crippen LogP contribution is -2.24. The molecule has 0 bridgehead atoms. The average molecular weight is 354 g/mol. The lowest BCUT2D eigenvalue weighted by Gasteiger charge is -2.20. The van der Waals surface area contributed by atoms with Crippen LogP contribution in [-0.4, -0.2) is 6.54 Å². The van der Waals surface area contributed by atoms with E-state index in [1.807, 2.05) is 24.3 Å². The smallest absolute Gasteiger partial charge is 0.129 e. The number of halogens is 3. The second-order valence-corrected chi connectivity index (χ2v) is 5.92. The van der Waals surface area contributed by atoms with Crippen LogP contribution in [0.1, 0.15) is 30.5 Å². The van der Waals surface area contributed by atoms with Gasteiger partial charge in [-0.05, 0) is 48.7 Å². The third kappa shape index (κ3) is 4.61. The van der Waals surface area contributed by atoms with Crippen LogP contribution in [-0.2, 0) is 6.42 Å². The highest BCUT2D eigenvalue weighted by atomic mass is 79.9. The molecule has 0 amide bonds. The van der Waals surface area contributed by atoms with Crippen LogP contribution in [0, 0.1) is 11.6 Å². The SMILES string of the molecule is CCCNC(Cc1ccc(F)cc1F)c1cccc(Br)c1. The van der Waals surface area contributed by atoms with Crippen LogP contribution < -0.4 is 5.32 Å². The highest BCUT2D eigenvalue weighted by molar-refractivity contribution is 9.10. The summed E-state index contributed by atoms with van der Waals surface area (Å²) in [6.45, 7) is 2.93. The Labute approximate surface area is 132 Å². The van der Waals surface area contributed by atoms with Crippen molar-refractivity contribution in [2.75, 3.05) is 6.54 Å². The van der Waals surface area contributed by atoms with Gasteiger partial charge in [0.25, 0.3) is 0 Å². The van der Waals surface area contributed by atoms with Gasteiger partial charge < -0.3 is 5.32 Å². The summed E-state index contributed by atoms with van der Waals surface area (Å²) in [5.74, 6) is -1.04. The van der Waals surface area contributed by atoms with Gasteiger partial charge >= 0.3 is 0 Å². The van der Waals surface area contributed by atoms with Gasteiger partial charge in [0.1, 0.15) is 11.6 Å². The standard InChI is InChI=1S/C17H18BrF2N/c1-2-8-21-17(13-4-3-5-14(18)9-13)10-12-6-7-15(19)11-16(12)20/h3-7,9,11,17,21H,2,8,10H2,1H3. The van der Waals surface area contributed by atoms with E-state index >= 15 is 0 Å². The fourth-order valence-corrected chi connectivity index (χ4v) is 2.67. The minimum absolute atomic E-state index is 0.00223. The molecule has 1 atom stereocenters. The Hall–Kier alpha value is -1.26. The van der Waals surface area contributed by atoms with E-state index in [0.29, 0.717) is 12.0 Å². The van der Waals surface area contributed by atoms with Gasteiger partial charge in [-0.1, -0.05) is 41.1 Å². The largest absolute Gasteiger partial charge is 0.310 e. The lowest BCUT2D eigenvalue weighted by atomic mass is 9.98. The van der Waals surface area contributed by atoms with Gasteiger partial charge in [-0.25, -0.2) is 8.78 Å². The Balaban J connectivity index is 2.23. The summed E-state index contributed by atoms with van der Waals surface area (Å²) >= 11 is 3.46. The molecule has 0 aliphatic rings. The van der Waals surface area contributed by atoms with Crippen LogP contribution in [0.15, 0.2) is 46.9 Å². The topological polar surface area (TPSA) is 12.0 Å². The van der Waals surface area contributed by atoms with Gasteiger partial charge in [-0.3, -0.25) is 0 Å². The molecule has 0 radical (unpaired) electrons. The third-order valence-electron chi connectivity index (χ3n) is 3.33. The van der Waals surface area contributed by atoms with Crippen molar-refractivity contribution in [1.29, 1.82) is 0 Å². The molecule has 2 rings (SSSR count). The highest BCUT2D eigenvalue weighted by Gasteiger charge is 2.14. The maximum Gasteiger partial charge on any atom is 0.129 e. The summed E-state index contributed by atoms with van der Waals surface area (Å²) in [5.41, 5.74) is 1.60. The molecule has 0 saturated heterocycles. The Morgan fingerprint density at radius 3 is 2.62 bits per heavy atom.